The predicted octanol–water partition coefficient (Wildman–Crippen LogP) is 4.56. The molecule has 76 valence electrons. The van der Waals surface area contributed by atoms with Gasteiger partial charge in [0.05, 0.1) is 0 Å². The molecule has 0 amide bonds. The lowest BCUT2D eigenvalue weighted by atomic mass is 10.0. The third-order valence-electron chi connectivity index (χ3n) is 2.29. The Kier molecular flexibility index (Phi) is 2.87. The molecule has 0 heterocycles. The lowest BCUT2D eigenvalue weighted by Crippen LogP contribution is -1.85. The highest BCUT2D eigenvalue weighted by atomic mass is 79.9. The van der Waals surface area contributed by atoms with E-state index >= 15 is 0 Å². The van der Waals surface area contributed by atoms with E-state index in [1.165, 1.54) is 6.07 Å². The summed E-state index contributed by atoms with van der Waals surface area (Å²) in [6.07, 6.45) is 0. The number of halogens is 2. The lowest BCUT2D eigenvalue weighted by molar-refractivity contribution is 0.631. The molecule has 0 unspecified atom stereocenters. The van der Waals surface area contributed by atoms with E-state index in [0.29, 0.717) is 5.56 Å². The maximum Gasteiger partial charge on any atom is 0.131 e. The van der Waals surface area contributed by atoms with Crippen molar-refractivity contribution in [2.24, 2.45) is 0 Å². The summed E-state index contributed by atoms with van der Waals surface area (Å²) >= 11 is 3.45. The van der Waals surface area contributed by atoms with Crippen LogP contribution in [0.1, 0.15) is 5.56 Å². The van der Waals surface area contributed by atoms with Crippen molar-refractivity contribution in [3.63, 3.8) is 0 Å². The van der Waals surface area contributed by atoms with E-state index in [9.17, 15) is 4.39 Å². The molecule has 2 aromatic rings. The zero-order chi connectivity index (χ0) is 10.8. The molecule has 2 aromatic carbocycles. The standard InChI is InChI=1S/C13H10BrF/c1-9-6-7-10(12(14)8-9)11-4-2-3-5-13(11)15/h2-8H,1H3. The highest BCUT2D eigenvalue weighted by Crippen LogP contribution is 2.30. The number of rotatable bonds is 1. The molecule has 0 saturated carbocycles. The van der Waals surface area contributed by atoms with Crippen LogP contribution in [0.3, 0.4) is 0 Å². The van der Waals surface area contributed by atoms with Crippen LogP contribution in [-0.2, 0) is 0 Å². The molecule has 0 aliphatic heterocycles. The molecule has 0 aliphatic rings. The fraction of sp³-hybridized carbons (Fsp3) is 0.0769. The minimum Gasteiger partial charge on any atom is -0.206 e. The lowest BCUT2D eigenvalue weighted by Gasteiger charge is -2.06. The first-order valence-corrected chi connectivity index (χ1v) is 5.49. The fourth-order valence-corrected chi connectivity index (χ4v) is 2.23. The molecule has 0 saturated heterocycles. The van der Waals surface area contributed by atoms with Crippen LogP contribution in [0.25, 0.3) is 11.1 Å². The maximum atomic E-state index is 13.5. The summed E-state index contributed by atoms with van der Waals surface area (Å²) in [6.45, 7) is 2.01. The van der Waals surface area contributed by atoms with E-state index in [-0.39, 0.29) is 5.82 Å². The second-order valence-corrected chi connectivity index (χ2v) is 4.32. The number of benzene rings is 2. The third-order valence-corrected chi connectivity index (χ3v) is 2.94. The quantitative estimate of drug-likeness (QED) is 0.708. The van der Waals surface area contributed by atoms with Gasteiger partial charge in [0.25, 0.3) is 0 Å². The van der Waals surface area contributed by atoms with Gasteiger partial charge in [-0.1, -0.05) is 46.3 Å². The Bertz CT molecular complexity index is 492. The first-order chi connectivity index (χ1) is 7.18. The van der Waals surface area contributed by atoms with Crippen molar-refractivity contribution < 1.29 is 4.39 Å². The largest absolute Gasteiger partial charge is 0.206 e. The second kappa shape index (κ2) is 4.15. The Labute approximate surface area is 96.9 Å². The van der Waals surface area contributed by atoms with E-state index in [1.54, 1.807) is 12.1 Å². The van der Waals surface area contributed by atoms with Gasteiger partial charge in [-0.05, 0) is 30.2 Å². The first kappa shape index (κ1) is 10.4. The summed E-state index contributed by atoms with van der Waals surface area (Å²) in [5.41, 5.74) is 2.67. The first-order valence-electron chi connectivity index (χ1n) is 4.69. The molecule has 2 heteroatoms. The summed E-state index contributed by atoms with van der Waals surface area (Å²) in [5.74, 6) is -0.193. The number of hydrogen-bond donors (Lipinski definition) is 0. The van der Waals surface area contributed by atoms with E-state index in [1.807, 2.05) is 31.2 Å². The van der Waals surface area contributed by atoms with Gasteiger partial charge >= 0.3 is 0 Å². The summed E-state index contributed by atoms with van der Waals surface area (Å²) in [6, 6.07) is 12.7. The molecule has 2 rings (SSSR count). The summed E-state index contributed by atoms with van der Waals surface area (Å²) in [4.78, 5) is 0. The average molecular weight is 265 g/mol. The molecule has 0 aromatic heterocycles. The average Bonchev–Trinajstić information content (AvgIpc) is 2.20. The van der Waals surface area contributed by atoms with Crippen molar-refractivity contribution in [2.45, 2.75) is 6.92 Å². The molecule has 0 aliphatic carbocycles. The molecule has 0 N–H and O–H groups in total. The number of aryl methyl sites for hydroxylation is 1. The van der Waals surface area contributed by atoms with Crippen LogP contribution in [0.2, 0.25) is 0 Å². The topological polar surface area (TPSA) is 0 Å². The van der Waals surface area contributed by atoms with Crippen LogP contribution in [0.15, 0.2) is 46.9 Å². The zero-order valence-corrected chi connectivity index (χ0v) is 9.88. The fourth-order valence-electron chi connectivity index (χ4n) is 1.52. The number of hydrogen-bond acceptors (Lipinski definition) is 0. The smallest absolute Gasteiger partial charge is 0.131 e. The molecule has 0 nitrogen and oxygen atoms in total. The Hall–Kier alpha value is -1.15. The van der Waals surface area contributed by atoms with Gasteiger partial charge in [0.2, 0.25) is 0 Å². The van der Waals surface area contributed by atoms with Crippen molar-refractivity contribution in [3.05, 3.63) is 58.3 Å². The van der Waals surface area contributed by atoms with Gasteiger partial charge in [0.15, 0.2) is 0 Å². The SMILES string of the molecule is Cc1ccc(-c2ccccc2F)c(Br)c1. The third kappa shape index (κ3) is 2.10. The van der Waals surface area contributed by atoms with Crippen LogP contribution in [0.5, 0.6) is 0 Å². The van der Waals surface area contributed by atoms with Gasteiger partial charge in [-0.2, -0.15) is 0 Å². The Morgan fingerprint density at radius 1 is 1.00 bits per heavy atom. The monoisotopic (exact) mass is 264 g/mol. The van der Waals surface area contributed by atoms with Gasteiger partial charge in [-0.15, -0.1) is 0 Å². The summed E-state index contributed by atoms with van der Waals surface area (Å²) < 4.78 is 14.5. The van der Waals surface area contributed by atoms with Crippen LogP contribution >= 0.6 is 15.9 Å². The highest BCUT2D eigenvalue weighted by Gasteiger charge is 2.07. The molecule has 0 fully saturated rings. The molecule has 0 atom stereocenters. The molecule has 0 bridgehead atoms. The Balaban J connectivity index is 2.60. The molecule has 0 radical (unpaired) electrons. The van der Waals surface area contributed by atoms with Crippen molar-refractivity contribution in [1.82, 2.24) is 0 Å². The van der Waals surface area contributed by atoms with Crippen molar-refractivity contribution in [3.8, 4) is 11.1 Å². The van der Waals surface area contributed by atoms with Gasteiger partial charge in [0.1, 0.15) is 5.82 Å². The van der Waals surface area contributed by atoms with Crippen LogP contribution in [-0.4, -0.2) is 0 Å². The molecular formula is C13H10BrF. The molecule has 15 heavy (non-hydrogen) atoms. The normalized spacial score (nSPS) is 10.3. The van der Waals surface area contributed by atoms with E-state index in [2.05, 4.69) is 15.9 Å². The minimum absolute atomic E-state index is 0.193. The van der Waals surface area contributed by atoms with Crippen LogP contribution in [0, 0.1) is 12.7 Å². The second-order valence-electron chi connectivity index (χ2n) is 3.46. The van der Waals surface area contributed by atoms with E-state index in [4.69, 9.17) is 0 Å². The van der Waals surface area contributed by atoms with Crippen molar-refractivity contribution in [1.29, 1.82) is 0 Å². The van der Waals surface area contributed by atoms with Crippen molar-refractivity contribution >= 4 is 15.9 Å². The zero-order valence-electron chi connectivity index (χ0n) is 8.30. The Morgan fingerprint density at radius 2 is 1.73 bits per heavy atom. The predicted molar refractivity (Wildman–Crippen MR) is 64.3 cm³/mol. The van der Waals surface area contributed by atoms with Crippen LogP contribution < -0.4 is 0 Å². The van der Waals surface area contributed by atoms with Crippen molar-refractivity contribution in [2.75, 3.05) is 0 Å². The van der Waals surface area contributed by atoms with E-state index in [0.717, 1.165) is 15.6 Å². The highest BCUT2D eigenvalue weighted by molar-refractivity contribution is 9.10. The van der Waals surface area contributed by atoms with E-state index < -0.39 is 0 Å². The van der Waals surface area contributed by atoms with Gasteiger partial charge in [-0.25, -0.2) is 4.39 Å². The van der Waals surface area contributed by atoms with Gasteiger partial charge in [0, 0.05) is 10.0 Å². The Morgan fingerprint density at radius 3 is 2.40 bits per heavy atom. The molecule has 0 spiro atoms. The summed E-state index contributed by atoms with van der Waals surface area (Å²) in [7, 11) is 0. The minimum atomic E-state index is -0.193. The summed E-state index contributed by atoms with van der Waals surface area (Å²) in [5, 5.41) is 0. The van der Waals surface area contributed by atoms with Gasteiger partial charge < -0.3 is 0 Å². The molecular weight excluding hydrogens is 255 g/mol. The van der Waals surface area contributed by atoms with Crippen LogP contribution in [0.4, 0.5) is 4.39 Å². The maximum absolute atomic E-state index is 13.5. The van der Waals surface area contributed by atoms with Gasteiger partial charge in [-0.3, -0.25) is 0 Å².